The molecule has 1 amide bonds. The van der Waals surface area contributed by atoms with Crippen LogP contribution in [-0.2, 0) is 27.4 Å². The normalized spacial score (nSPS) is 16.2. The van der Waals surface area contributed by atoms with Crippen LogP contribution in [0.3, 0.4) is 0 Å². The van der Waals surface area contributed by atoms with Crippen LogP contribution in [0.4, 0.5) is 0 Å². The van der Waals surface area contributed by atoms with Crippen molar-refractivity contribution in [1.29, 1.82) is 0 Å². The van der Waals surface area contributed by atoms with Gasteiger partial charge in [0.15, 0.2) is 5.69 Å². The fraction of sp³-hybridized carbons (Fsp3) is 0.353. The van der Waals surface area contributed by atoms with Crippen molar-refractivity contribution in [3.63, 3.8) is 0 Å². The van der Waals surface area contributed by atoms with E-state index in [0.29, 0.717) is 13.2 Å². The average molecular weight is 408 g/mol. The Kier molecular flexibility index (Phi) is 5.50. The van der Waals surface area contributed by atoms with Crippen LogP contribution in [0.25, 0.3) is 0 Å². The van der Waals surface area contributed by atoms with E-state index in [2.05, 4.69) is 26.3 Å². The van der Waals surface area contributed by atoms with Crippen LogP contribution in [-0.4, -0.2) is 34.8 Å². The predicted molar refractivity (Wildman–Crippen MR) is 92.9 cm³/mol. The number of carbonyl (C=O) groups excluding carboxylic acids is 2. The quantitative estimate of drug-likeness (QED) is 0.768. The van der Waals surface area contributed by atoms with E-state index in [-0.39, 0.29) is 24.9 Å². The summed E-state index contributed by atoms with van der Waals surface area (Å²) in [4.78, 5) is 23.4. The molecule has 1 N–H and O–H groups in total. The largest absolute Gasteiger partial charge is 0.465 e. The van der Waals surface area contributed by atoms with Gasteiger partial charge in [-0.05, 0) is 30.7 Å². The van der Waals surface area contributed by atoms with Gasteiger partial charge in [0.2, 0.25) is 0 Å². The molecule has 1 aromatic carbocycles. The number of halogens is 1. The monoisotopic (exact) mass is 407 g/mol. The highest BCUT2D eigenvalue weighted by Crippen LogP contribution is 2.27. The molecular formula is C17H18BrN3O4. The third kappa shape index (κ3) is 4.26. The Morgan fingerprint density at radius 1 is 1.40 bits per heavy atom. The summed E-state index contributed by atoms with van der Waals surface area (Å²) in [5, 5.41) is 6.84. The number of fused-ring (bicyclic) bond motifs is 1. The summed E-state index contributed by atoms with van der Waals surface area (Å²) in [5.41, 5.74) is 2.15. The SMILES string of the molecule is CCOC(=O)CNC(=O)c1cc2n(n1)C[C@@H](c1ccc(Br)cc1)OC2. The number of carbonyl (C=O) groups is 2. The number of amides is 1. The average Bonchev–Trinajstić information content (AvgIpc) is 3.04. The molecule has 0 aliphatic carbocycles. The Hall–Kier alpha value is -2.19. The van der Waals surface area contributed by atoms with Gasteiger partial charge in [-0.1, -0.05) is 28.1 Å². The smallest absolute Gasteiger partial charge is 0.325 e. The number of benzene rings is 1. The molecule has 1 aliphatic heterocycles. The van der Waals surface area contributed by atoms with Crippen molar-refractivity contribution in [2.24, 2.45) is 0 Å². The zero-order chi connectivity index (χ0) is 17.8. The summed E-state index contributed by atoms with van der Waals surface area (Å²) in [6, 6.07) is 9.60. The van der Waals surface area contributed by atoms with E-state index in [1.807, 2.05) is 24.3 Å². The molecule has 0 saturated carbocycles. The second kappa shape index (κ2) is 7.79. The lowest BCUT2D eigenvalue weighted by Crippen LogP contribution is -2.31. The molecule has 0 unspecified atom stereocenters. The van der Waals surface area contributed by atoms with Gasteiger partial charge in [-0.3, -0.25) is 14.3 Å². The molecule has 3 rings (SSSR count). The molecule has 132 valence electrons. The highest BCUT2D eigenvalue weighted by molar-refractivity contribution is 9.10. The molecular weight excluding hydrogens is 390 g/mol. The summed E-state index contributed by atoms with van der Waals surface area (Å²) >= 11 is 3.41. The maximum absolute atomic E-state index is 12.1. The Balaban J connectivity index is 1.65. The minimum absolute atomic E-state index is 0.115. The van der Waals surface area contributed by atoms with Crippen molar-refractivity contribution in [2.75, 3.05) is 13.2 Å². The molecule has 0 spiro atoms. The molecule has 25 heavy (non-hydrogen) atoms. The van der Waals surface area contributed by atoms with Gasteiger partial charge in [0.25, 0.3) is 5.91 Å². The van der Waals surface area contributed by atoms with Crippen molar-refractivity contribution in [1.82, 2.24) is 15.1 Å². The fourth-order valence-electron chi connectivity index (χ4n) is 2.57. The van der Waals surface area contributed by atoms with Gasteiger partial charge in [-0.25, -0.2) is 0 Å². The van der Waals surface area contributed by atoms with E-state index in [4.69, 9.17) is 9.47 Å². The number of hydrogen-bond donors (Lipinski definition) is 1. The number of nitrogens with one attached hydrogen (secondary N) is 1. The van der Waals surface area contributed by atoms with E-state index in [1.165, 1.54) is 0 Å². The minimum Gasteiger partial charge on any atom is -0.465 e. The summed E-state index contributed by atoms with van der Waals surface area (Å²) in [7, 11) is 0. The first kappa shape index (κ1) is 17.6. The van der Waals surface area contributed by atoms with Gasteiger partial charge < -0.3 is 14.8 Å². The molecule has 0 bridgehead atoms. The lowest BCUT2D eigenvalue weighted by Gasteiger charge is -2.24. The lowest BCUT2D eigenvalue weighted by atomic mass is 10.1. The number of aromatic nitrogens is 2. The predicted octanol–water partition coefficient (Wildman–Crippen LogP) is 2.21. The van der Waals surface area contributed by atoms with E-state index >= 15 is 0 Å². The van der Waals surface area contributed by atoms with Gasteiger partial charge >= 0.3 is 5.97 Å². The molecule has 7 nitrogen and oxygen atoms in total. The minimum atomic E-state index is -0.474. The molecule has 1 atom stereocenters. The van der Waals surface area contributed by atoms with E-state index in [9.17, 15) is 9.59 Å². The van der Waals surface area contributed by atoms with Crippen LogP contribution >= 0.6 is 15.9 Å². The van der Waals surface area contributed by atoms with Crippen LogP contribution in [0, 0.1) is 0 Å². The molecule has 0 radical (unpaired) electrons. The van der Waals surface area contributed by atoms with Crippen molar-refractivity contribution in [3.05, 3.63) is 51.8 Å². The Bertz CT molecular complexity index is 773. The van der Waals surface area contributed by atoms with Gasteiger partial charge in [0.1, 0.15) is 12.6 Å². The summed E-state index contributed by atoms with van der Waals surface area (Å²) < 4.78 is 13.4. The lowest BCUT2D eigenvalue weighted by molar-refractivity contribution is -0.141. The third-order valence-electron chi connectivity index (χ3n) is 3.81. The third-order valence-corrected chi connectivity index (χ3v) is 4.34. The number of hydrogen-bond acceptors (Lipinski definition) is 5. The number of ether oxygens (including phenoxy) is 2. The summed E-state index contributed by atoms with van der Waals surface area (Å²) in [5.74, 6) is -0.881. The second-order valence-corrected chi connectivity index (χ2v) is 6.46. The molecule has 8 heteroatoms. The van der Waals surface area contributed by atoms with Crippen LogP contribution in [0.2, 0.25) is 0 Å². The fourth-order valence-corrected chi connectivity index (χ4v) is 2.83. The Labute approximate surface area is 153 Å². The van der Waals surface area contributed by atoms with E-state index in [1.54, 1.807) is 17.7 Å². The standard InChI is InChI=1S/C17H18BrN3O4/c1-2-24-16(22)8-19-17(23)14-7-13-10-25-15(9-21(13)20-14)11-3-5-12(18)6-4-11/h3-7,15H,2,8-10H2,1H3,(H,19,23)/t15-/m0/s1. The summed E-state index contributed by atoms with van der Waals surface area (Å²) in [6.07, 6.45) is -0.115. The number of nitrogens with zero attached hydrogens (tertiary/aromatic N) is 2. The Morgan fingerprint density at radius 3 is 2.88 bits per heavy atom. The molecule has 0 fully saturated rings. The van der Waals surface area contributed by atoms with Crippen LogP contribution in [0.1, 0.15) is 34.8 Å². The highest BCUT2D eigenvalue weighted by Gasteiger charge is 2.24. The van der Waals surface area contributed by atoms with Crippen LogP contribution < -0.4 is 5.32 Å². The van der Waals surface area contributed by atoms with Gasteiger partial charge in [0.05, 0.1) is 25.5 Å². The van der Waals surface area contributed by atoms with E-state index in [0.717, 1.165) is 15.7 Å². The van der Waals surface area contributed by atoms with Gasteiger partial charge in [0, 0.05) is 4.47 Å². The van der Waals surface area contributed by atoms with E-state index < -0.39 is 11.9 Å². The first-order valence-corrected chi connectivity index (χ1v) is 8.73. The maximum Gasteiger partial charge on any atom is 0.325 e. The van der Waals surface area contributed by atoms with Crippen molar-refractivity contribution < 1.29 is 19.1 Å². The molecule has 2 aromatic rings. The zero-order valence-corrected chi connectivity index (χ0v) is 15.3. The highest BCUT2D eigenvalue weighted by atomic mass is 79.9. The second-order valence-electron chi connectivity index (χ2n) is 5.54. The molecule has 0 saturated heterocycles. The summed E-state index contributed by atoms with van der Waals surface area (Å²) in [6.45, 7) is 2.72. The van der Waals surface area contributed by atoms with Crippen LogP contribution in [0.15, 0.2) is 34.8 Å². The topological polar surface area (TPSA) is 82.5 Å². The van der Waals surface area contributed by atoms with Crippen molar-refractivity contribution >= 4 is 27.8 Å². The number of rotatable bonds is 5. The number of esters is 1. The van der Waals surface area contributed by atoms with Crippen molar-refractivity contribution in [2.45, 2.75) is 26.2 Å². The van der Waals surface area contributed by atoms with Gasteiger partial charge in [-0.2, -0.15) is 5.10 Å². The zero-order valence-electron chi connectivity index (χ0n) is 13.7. The molecule has 2 heterocycles. The first-order valence-electron chi connectivity index (χ1n) is 7.94. The maximum atomic E-state index is 12.1. The first-order chi connectivity index (χ1) is 12.1. The van der Waals surface area contributed by atoms with Crippen LogP contribution in [0.5, 0.6) is 0 Å². The Morgan fingerprint density at radius 2 is 2.16 bits per heavy atom. The van der Waals surface area contributed by atoms with Crippen molar-refractivity contribution in [3.8, 4) is 0 Å². The van der Waals surface area contributed by atoms with Gasteiger partial charge in [-0.15, -0.1) is 0 Å². The molecule has 1 aliphatic rings. The molecule has 1 aromatic heterocycles.